The number of nitrogens with one attached hydrogen (secondary N) is 2. The van der Waals surface area contributed by atoms with E-state index in [2.05, 4.69) is 10.6 Å². The molecule has 152 valence electrons. The molecule has 0 aliphatic carbocycles. The maximum atomic E-state index is 13.2. The van der Waals surface area contributed by atoms with E-state index in [1.54, 1.807) is 18.2 Å². The van der Waals surface area contributed by atoms with Crippen LogP contribution in [-0.4, -0.2) is 24.4 Å². The lowest BCUT2D eigenvalue weighted by molar-refractivity contribution is -0.119. The summed E-state index contributed by atoms with van der Waals surface area (Å²) >= 11 is 0. The number of anilines is 2. The Kier molecular flexibility index (Phi) is 6.89. The molecule has 0 atom stereocenters. The van der Waals surface area contributed by atoms with Crippen LogP contribution in [0.2, 0.25) is 0 Å². The first-order valence-electron chi connectivity index (χ1n) is 9.16. The fraction of sp³-hybridized carbons (Fsp3) is 0.0870. The number of ether oxygens (including phenoxy) is 1. The molecule has 3 aromatic carbocycles. The minimum Gasteiger partial charge on any atom is -0.452 e. The minimum atomic E-state index is -0.764. The molecule has 0 aromatic heterocycles. The third-order valence-corrected chi connectivity index (χ3v) is 4.07. The number of esters is 1. The maximum Gasteiger partial charge on any atom is 0.340 e. The van der Waals surface area contributed by atoms with Gasteiger partial charge < -0.3 is 15.4 Å². The van der Waals surface area contributed by atoms with E-state index < -0.39 is 24.3 Å². The number of carbonyl (C=O) groups excluding carboxylic acids is 3. The summed E-state index contributed by atoms with van der Waals surface area (Å²) in [5, 5.41) is 5.13. The highest BCUT2D eigenvalue weighted by atomic mass is 19.1. The zero-order valence-corrected chi connectivity index (χ0v) is 15.9. The summed E-state index contributed by atoms with van der Waals surface area (Å²) in [7, 11) is 0. The van der Waals surface area contributed by atoms with E-state index >= 15 is 0 Å². The minimum absolute atomic E-state index is 0.123. The SMILES string of the molecule is O=C(COC(=O)c1ccccc1NC(=O)Cc1ccccc1)Nc1cccc(F)c1. The van der Waals surface area contributed by atoms with Gasteiger partial charge in [0.2, 0.25) is 5.91 Å². The number of hydrogen-bond donors (Lipinski definition) is 2. The van der Waals surface area contributed by atoms with Crippen molar-refractivity contribution in [2.24, 2.45) is 0 Å². The van der Waals surface area contributed by atoms with E-state index in [4.69, 9.17) is 4.74 Å². The maximum absolute atomic E-state index is 13.2. The van der Waals surface area contributed by atoms with Crippen LogP contribution >= 0.6 is 0 Å². The second kappa shape index (κ2) is 9.97. The van der Waals surface area contributed by atoms with Crippen molar-refractivity contribution in [1.29, 1.82) is 0 Å². The van der Waals surface area contributed by atoms with Gasteiger partial charge in [0.15, 0.2) is 6.61 Å². The molecule has 30 heavy (non-hydrogen) atoms. The summed E-state index contributed by atoms with van der Waals surface area (Å²) in [6.45, 7) is -0.554. The molecule has 7 heteroatoms. The second-order valence-electron chi connectivity index (χ2n) is 6.39. The number of rotatable bonds is 7. The Labute approximate surface area is 172 Å². The Morgan fingerprint density at radius 2 is 1.53 bits per heavy atom. The Morgan fingerprint density at radius 3 is 2.30 bits per heavy atom. The van der Waals surface area contributed by atoms with Gasteiger partial charge >= 0.3 is 5.97 Å². The second-order valence-corrected chi connectivity index (χ2v) is 6.39. The van der Waals surface area contributed by atoms with Crippen molar-refractivity contribution in [3.63, 3.8) is 0 Å². The van der Waals surface area contributed by atoms with E-state index in [0.717, 1.165) is 11.6 Å². The van der Waals surface area contributed by atoms with E-state index in [-0.39, 0.29) is 29.3 Å². The third kappa shape index (κ3) is 6.00. The quantitative estimate of drug-likeness (QED) is 0.585. The number of benzene rings is 3. The van der Waals surface area contributed by atoms with Crippen LogP contribution in [0, 0.1) is 5.82 Å². The van der Waals surface area contributed by atoms with E-state index in [1.165, 1.54) is 24.3 Å². The first-order chi connectivity index (χ1) is 14.5. The third-order valence-electron chi connectivity index (χ3n) is 4.07. The van der Waals surface area contributed by atoms with Gasteiger partial charge in [0.1, 0.15) is 5.82 Å². The largest absolute Gasteiger partial charge is 0.452 e. The van der Waals surface area contributed by atoms with Gasteiger partial charge in [-0.05, 0) is 35.9 Å². The average Bonchev–Trinajstić information content (AvgIpc) is 2.73. The Hall–Kier alpha value is -4.00. The predicted molar refractivity (Wildman–Crippen MR) is 111 cm³/mol. The van der Waals surface area contributed by atoms with Gasteiger partial charge in [0.25, 0.3) is 5.91 Å². The van der Waals surface area contributed by atoms with Crippen molar-refractivity contribution in [3.8, 4) is 0 Å². The average molecular weight is 406 g/mol. The number of para-hydroxylation sites is 1. The molecule has 2 amide bonds. The number of carbonyl (C=O) groups is 3. The molecule has 0 fully saturated rings. The summed E-state index contributed by atoms with van der Waals surface area (Å²) in [4.78, 5) is 36.6. The van der Waals surface area contributed by atoms with Crippen molar-refractivity contribution in [2.75, 3.05) is 17.2 Å². The standard InChI is InChI=1S/C23H19FN2O4/c24-17-9-6-10-18(14-17)25-22(28)15-30-23(29)19-11-4-5-12-20(19)26-21(27)13-16-7-2-1-3-8-16/h1-12,14H,13,15H2,(H,25,28)(H,26,27). The fourth-order valence-corrected chi connectivity index (χ4v) is 2.72. The number of halogens is 1. The van der Waals surface area contributed by atoms with Gasteiger partial charge in [-0.1, -0.05) is 48.5 Å². The fourth-order valence-electron chi connectivity index (χ4n) is 2.72. The van der Waals surface area contributed by atoms with Crippen LogP contribution in [0.5, 0.6) is 0 Å². The van der Waals surface area contributed by atoms with E-state index in [9.17, 15) is 18.8 Å². The molecule has 0 unspecified atom stereocenters. The molecular formula is C23H19FN2O4. The molecule has 0 aliphatic heterocycles. The molecule has 0 saturated heterocycles. The summed E-state index contributed by atoms with van der Waals surface area (Å²) in [6, 6.07) is 20.9. The lowest BCUT2D eigenvalue weighted by atomic mass is 10.1. The smallest absolute Gasteiger partial charge is 0.340 e. The van der Waals surface area contributed by atoms with E-state index in [0.29, 0.717) is 0 Å². The molecule has 0 saturated carbocycles. The molecule has 3 rings (SSSR count). The highest BCUT2D eigenvalue weighted by molar-refractivity contribution is 6.02. The highest BCUT2D eigenvalue weighted by Gasteiger charge is 2.16. The van der Waals surface area contributed by atoms with Crippen molar-refractivity contribution >= 4 is 29.2 Å². The lowest BCUT2D eigenvalue weighted by Gasteiger charge is -2.11. The number of hydrogen-bond acceptors (Lipinski definition) is 4. The molecule has 0 aliphatic rings. The Morgan fingerprint density at radius 1 is 0.800 bits per heavy atom. The van der Waals surface area contributed by atoms with Crippen LogP contribution < -0.4 is 10.6 Å². The van der Waals surface area contributed by atoms with Crippen molar-refractivity contribution in [1.82, 2.24) is 0 Å². The highest BCUT2D eigenvalue weighted by Crippen LogP contribution is 2.17. The van der Waals surface area contributed by atoms with Crippen LogP contribution in [0.4, 0.5) is 15.8 Å². The molecule has 2 N–H and O–H groups in total. The van der Waals surface area contributed by atoms with Gasteiger partial charge in [-0.15, -0.1) is 0 Å². The first-order valence-corrected chi connectivity index (χ1v) is 9.16. The Balaban J connectivity index is 1.58. The molecule has 0 heterocycles. The van der Waals surface area contributed by atoms with Crippen LogP contribution in [0.15, 0.2) is 78.9 Å². The van der Waals surface area contributed by atoms with Gasteiger partial charge in [-0.2, -0.15) is 0 Å². The molecule has 3 aromatic rings. The lowest BCUT2D eigenvalue weighted by Crippen LogP contribution is -2.22. The van der Waals surface area contributed by atoms with Gasteiger partial charge in [-0.25, -0.2) is 9.18 Å². The van der Waals surface area contributed by atoms with Crippen molar-refractivity contribution < 1.29 is 23.5 Å². The van der Waals surface area contributed by atoms with Gasteiger partial charge in [0, 0.05) is 5.69 Å². The van der Waals surface area contributed by atoms with E-state index in [1.807, 2.05) is 30.3 Å². The van der Waals surface area contributed by atoms with Crippen molar-refractivity contribution in [3.05, 3.63) is 95.8 Å². The van der Waals surface area contributed by atoms with Gasteiger partial charge in [0.05, 0.1) is 17.7 Å². The van der Waals surface area contributed by atoms with Crippen LogP contribution in [0.3, 0.4) is 0 Å². The molecule has 6 nitrogen and oxygen atoms in total. The zero-order valence-electron chi connectivity index (χ0n) is 15.9. The van der Waals surface area contributed by atoms with Gasteiger partial charge in [-0.3, -0.25) is 9.59 Å². The topological polar surface area (TPSA) is 84.5 Å². The Bertz CT molecular complexity index is 1050. The summed E-state index contributed by atoms with van der Waals surface area (Å²) in [6.07, 6.45) is 0.153. The van der Waals surface area contributed by atoms with Crippen LogP contribution in [0.1, 0.15) is 15.9 Å². The molecular weight excluding hydrogens is 387 g/mol. The zero-order chi connectivity index (χ0) is 21.3. The number of amides is 2. The molecule has 0 spiro atoms. The molecule has 0 bridgehead atoms. The van der Waals surface area contributed by atoms with Crippen molar-refractivity contribution in [2.45, 2.75) is 6.42 Å². The summed E-state index contributed by atoms with van der Waals surface area (Å²) < 4.78 is 18.2. The summed E-state index contributed by atoms with van der Waals surface area (Å²) in [5.74, 6) is -2.16. The summed E-state index contributed by atoms with van der Waals surface area (Å²) in [5.41, 5.74) is 1.50. The monoisotopic (exact) mass is 406 g/mol. The first kappa shape index (κ1) is 20.7. The van der Waals surface area contributed by atoms with Crippen LogP contribution in [-0.2, 0) is 20.7 Å². The van der Waals surface area contributed by atoms with Crippen LogP contribution in [0.25, 0.3) is 0 Å². The molecule has 0 radical (unpaired) electrons. The predicted octanol–water partition coefficient (Wildman–Crippen LogP) is 3.80. The normalized spacial score (nSPS) is 10.2.